The molecule has 0 aromatic carbocycles. The normalized spacial score (nSPS) is 48.8. The first kappa shape index (κ1) is 26.1. The van der Waals surface area contributed by atoms with Crippen molar-refractivity contribution < 1.29 is 74.1 Å². The monoisotopic (exact) mass is 485 g/mol. The van der Waals surface area contributed by atoms with Crippen LogP contribution < -0.4 is 5.73 Å². The Morgan fingerprint density at radius 2 is 1.52 bits per heavy atom. The molecule has 10 atom stereocenters. The van der Waals surface area contributed by atoms with Crippen LogP contribution >= 0.6 is 0 Å². The van der Waals surface area contributed by atoms with E-state index >= 15 is 0 Å². The highest BCUT2D eigenvalue weighted by atomic mass is 17.0. The predicted octanol–water partition coefficient (Wildman–Crippen LogP) is -6.53. The summed E-state index contributed by atoms with van der Waals surface area (Å²) < 4.78 is 25.8. The van der Waals surface area contributed by atoms with Crippen molar-refractivity contribution in [3.63, 3.8) is 0 Å². The van der Waals surface area contributed by atoms with Gasteiger partial charge in [0.15, 0.2) is 6.10 Å². The SMILES string of the molecule is N[C@@H]1CCC(=O)O[C@]2(O)[C@@H](O)[C@H](O)[C@@H](CO)O[C@]2(OC2(CO)O[C@H](CO)[C@@H](O)[C@@H]2O)OC1=O. The summed E-state index contributed by atoms with van der Waals surface area (Å²) in [6, 6.07) is -1.52. The van der Waals surface area contributed by atoms with Gasteiger partial charge in [-0.3, -0.25) is 14.3 Å². The summed E-state index contributed by atoms with van der Waals surface area (Å²) in [7, 11) is 0. The Morgan fingerprint density at radius 3 is 2.06 bits per heavy atom. The number of ether oxygens (including phenoxy) is 5. The van der Waals surface area contributed by atoms with Crippen LogP contribution in [0.1, 0.15) is 12.8 Å². The first-order valence-electron chi connectivity index (χ1n) is 9.93. The zero-order valence-corrected chi connectivity index (χ0v) is 17.1. The third-order valence-corrected chi connectivity index (χ3v) is 5.71. The molecule has 3 aliphatic rings. The molecule has 3 heterocycles. The molecule has 16 heteroatoms. The largest absolute Gasteiger partial charge is 0.420 e. The number of nitrogens with two attached hydrogens (primary N) is 1. The quantitative estimate of drug-likeness (QED) is 0.164. The predicted molar refractivity (Wildman–Crippen MR) is 95.9 cm³/mol. The van der Waals surface area contributed by atoms with E-state index in [0.29, 0.717) is 0 Å². The van der Waals surface area contributed by atoms with Crippen LogP contribution in [0.5, 0.6) is 0 Å². The summed E-state index contributed by atoms with van der Waals surface area (Å²) in [6.07, 6.45) is -13.1. The second kappa shape index (κ2) is 9.25. The summed E-state index contributed by atoms with van der Waals surface area (Å²) in [5.41, 5.74) is 5.66. The van der Waals surface area contributed by atoms with Gasteiger partial charge in [0.25, 0.3) is 0 Å². The van der Waals surface area contributed by atoms with E-state index < -0.39 is 98.4 Å². The average Bonchev–Trinajstić information content (AvgIpc) is 3.04. The van der Waals surface area contributed by atoms with E-state index in [2.05, 4.69) is 0 Å². The molecule has 0 bridgehead atoms. The summed E-state index contributed by atoms with van der Waals surface area (Å²) in [5.74, 6) is -12.5. The lowest BCUT2D eigenvalue weighted by Gasteiger charge is -2.53. The van der Waals surface area contributed by atoms with Gasteiger partial charge in [0.05, 0.1) is 13.2 Å². The van der Waals surface area contributed by atoms with Gasteiger partial charge in [-0.1, -0.05) is 0 Å². The fourth-order valence-electron chi connectivity index (χ4n) is 3.76. The van der Waals surface area contributed by atoms with Crippen LogP contribution in [0.4, 0.5) is 0 Å². The minimum atomic E-state index is -3.57. The number of hydrogen-bond acceptors (Lipinski definition) is 16. The molecular formula is C17H27NO15. The van der Waals surface area contributed by atoms with Gasteiger partial charge >= 0.3 is 23.7 Å². The highest BCUT2D eigenvalue weighted by Gasteiger charge is 2.75. The Labute approximate surface area is 185 Å². The van der Waals surface area contributed by atoms with Crippen molar-refractivity contribution in [3.8, 4) is 0 Å². The van der Waals surface area contributed by atoms with Crippen molar-refractivity contribution in [2.75, 3.05) is 19.8 Å². The highest BCUT2D eigenvalue weighted by Crippen LogP contribution is 2.47. The molecule has 0 radical (unpaired) electrons. The number of aliphatic hydroxyl groups is 8. The van der Waals surface area contributed by atoms with Crippen molar-refractivity contribution in [1.29, 1.82) is 0 Å². The van der Waals surface area contributed by atoms with E-state index in [0.717, 1.165) is 0 Å². The fraction of sp³-hybridized carbons (Fsp3) is 0.882. The fourth-order valence-corrected chi connectivity index (χ4v) is 3.76. The van der Waals surface area contributed by atoms with Crippen LogP contribution in [0.25, 0.3) is 0 Å². The Bertz CT molecular complexity index is 754. The number of fused-ring (bicyclic) bond motifs is 1. The lowest BCUT2D eigenvalue weighted by atomic mass is 9.93. The van der Waals surface area contributed by atoms with Gasteiger partial charge in [0.1, 0.15) is 43.2 Å². The Morgan fingerprint density at radius 1 is 0.939 bits per heavy atom. The zero-order chi connectivity index (χ0) is 24.8. The van der Waals surface area contributed by atoms with E-state index in [9.17, 15) is 50.4 Å². The van der Waals surface area contributed by atoms with E-state index in [1.165, 1.54) is 0 Å². The van der Waals surface area contributed by atoms with Crippen LogP contribution in [0.15, 0.2) is 0 Å². The molecule has 190 valence electrons. The number of rotatable bonds is 5. The maximum absolute atomic E-state index is 12.6. The summed E-state index contributed by atoms with van der Waals surface area (Å²) in [6.45, 7) is -3.28. The number of hydrogen-bond donors (Lipinski definition) is 9. The maximum Gasteiger partial charge on any atom is 0.405 e. The molecule has 0 aromatic rings. The van der Waals surface area contributed by atoms with Gasteiger partial charge in [-0.05, 0) is 6.42 Å². The summed E-state index contributed by atoms with van der Waals surface area (Å²) in [4.78, 5) is 24.9. The molecule has 0 amide bonds. The topological polar surface area (TPSA) is 268 Å². The second-order valence-corrected chi connectivity index (χ2v) is 7.91. The number of esters is 2. The zero-order valence-electron chi connectivity index (χ0n) is 17.1. The second-order valence-electron chi connectivity index (χ2n) is 7.91. The van der Waals surface area contributed by atoms with Crippen LogP contribution in [-0.2, 0) is 33.3 Å². The summed E-state index contributed by atoms with van der Waals surface area (Å²) in [5, 5.41) is 81.5. The van der Waals surface area contributed by atoms with Crippen molar-refractivity contribution in [3.05, 3.63) is 0 Å². The van der Waals surface area contributed by atoms with Crippen LogP contribution in [-0.4, -0.2) is 133 Å². The van der Waals surface area contributed by atoms with Gasteiger partial charge in [-0.15, -0.1) is 0 Å². The molecule has 16 nitrogen and oxygen atoms in total. The standard InChI is InChI=1S/C17H27NO15/c18-6-1-2-9(22)31-16(28)13(26)11(24)8(4-20)30-17(16,32-14(6)27)33-15(5-21)12(25)10(23)7(3-19)29-15/h6-8,10-13,19-21,23-26,28H,1-5,18H2/t6-,7-,8-,10-,11-,12+,13+,15?,16-,17+/m1/s1. The van der Waals surface area contributed by atoms with Crippen molar-refractivity contribution in [2.24, 2.45) is 5.73 Å². The molecule has 10 N–H and O–H groups in total. The molecular weight excluding hydrogens is 458 g/mol. The molecule has 3 saturated heterocycles. The smallest absolute Gasteiger partial charge is 0.405 e. The Kier molecular flexibility index (Phi) is 7.31. The number of carbonyl (C=O) groups is 2. The van der Waals surface area contributed by atoms with Gasteiger partial charge in [-0.2, -0.15) is 0 Å². The minimum absolute atomic E-state index is 0.346. The van der Waals surface area contributed by atoms with Gasteiger partial charge in [0, 0.05) is 6.42 Å². The first-order chi connectivity index (χ1) is 15.4. The van der Waals surface area contributed by atoms with Gasteiger partial charge in [-0.25, -0.2) is 0 Å². The average molecular weight is 485 g/mol. The summed E-state index contributed by atoms with van der Waals surface area (Å²) >= 11 is 0. The lowest BCUT2D eigenvalue weighted by Crippen LogP contribution is -2.78. The van der Waals surface area contributed by atoms with Crippen molar-refractivity contribution in [1.82, 2.24) is 0 Å². The molecule has 1 unspecified atom stereocenters. The van der Waals surface area contributed by atoms with Gasteiger partial charge < -0.3 is 65.5 Å². The Balaban J connectivity index is 2.18. The number of aliphatic hydroxyl groups excluding tert-OH is 7. The minimum Gasteiger partial charge on any atom is -0.420 e. The molecule has 3 rings (SSSR count). The van der Waals surface area contributed by atoms with Gasteiger partial charge in [0.2, 0.25) is 5.79 Å². The molecule has 0 aliphatic carbocycles. The Hall–Kier alpha value is -1.54. The molecule has 3 fully saturated rings. The molecule has 33 heavy (non-hydrogen) atoms. The molecule has 0 spiro atoms. The molecule has 0 aromatic heterocycles. The van der Waals surface area contributed by atoms with Crippen LogP contribution in [0.3, 0.4) is 0 Å². The highest BCUT2D eigenvalue weighted by molar-refractivity contribution is 5.78. The van der Waals surface area contributed by atoms with E-state index in [4.69, 9.17) is 29.4 Å². The first-order valence-corrected chi connectivity index (χ1v) is 9.93. The van der Waals surface area contributed by atoms with Crippen LogP contribution in [0.2, 0.25) is 0 Å². The molecule has 0 saturated carbocycles. The van der Waals surface area contributed by atoms with E-state index in [-0.39, 0.29) is 6.42 Å². The van der Waals surface area contributed by atoms with Crippen LogP contribution in [0, 0.1) is 0 Å². The third-order valence-electron chi connectivity index (χ3n) is 5.71. The maximum atomic E-state index is 12.6. The van der Waals surface area contributed by atoms with E-state index in [1.54, 1.807) is 0 Å². The number of carbonyl (C=O) groups excluding carboxylic acids is 2. The van der Waals surface area contributed by atoms with Crippen molar-refractivity contribution in [2.45, 2.75) is 73.1 Å². The van der Waals surface area contributed by atoms with E-state index in [1.807, 2.05) is 0 Å². The third kappa shape index (κ3) is 4.11. The van der Waals surface area contributed by atoms with Crippen molar-refractivity contribution >= 4 is 11.9 Å². The molecule has 3 aliphatic heterocycles. The lowest BCUT2D eigenvalue weighted by molar-refractivity contribution is -0.553.